The van der Waals surface area contributed by atoms with E-state index in [0.717, 1.165) is 12.1 Å². The number of halogens is 3. The maximum atomic E-state index is 13.5. The summed E-state index contributed by atoms with van der Waals surface area (Å²) in [6.45, 7) is 1.87. The molecule has 0 spiro atoms. The average molecular weight is 526 g/mol. The van der Waals surface area contributed by atoms with Crippen LogP contribution in [0, 0.1) is 0 Å². The second-order valence-electron chi connectivity index (χ2n) is 8.91. The highest BCUT2D eigenvalue weighted by atomic mass is 19.4. The van der Waals surface area contributed by atoms with E-state index in [-0.39, 0.29) is 17.3 Å². The Hall–Kier alpha value is -4.21. The number of rotatable bonds is 3. The predicted octanol–water partition coefficient (Wildman–Crippen LogP) is 5.75. The lowest BCUT2D eigenvalue weighted by Gasteiger charge is -2.25. The minimum atomic E-state index is -4.52. The first-order valence-electron chi connectivity index (χ1n) is 12.1. The second kappa shape index (κ2) is 10.3. The molecule has 7 nitrogen and oxygen atoms in total. The van der Waals surface area contributed by atoms with Crippen LogP contribution in [-0.4, -0.2) is 61.9 Å². The third kappa shape index (κ3) is 4.98. The van der Waals surface area contributed by atoms with Gasteiger partial charge in [-0.2, -0.15) is 13.2 Å². The molecule has 1 amide bonds. The maximum Gasteiger partial charge on any atom is 0.416 e. The number of para-hydroxylation sites is 1. The first-order valence-corrected chi connectivity index (χ1v) is 12.1. The number of carbonyl (C=O) groups is 1. The fourth-order valence-electron chi connectivity index (χ4n) is 4.63. The molecule has 198 valence electrons. The Balaban J connectivity index is 1.50. The molecule has 2 aliphatic heterocycles. The van der Waals surface area contributed by atoms with E-state index in [1.54, 1.807) is 47.4 Å². The van der Waals surface area contributed by atoms with Crippen molar-refractivity contribution in [3.8, 4) is 23.0 Å². The number of amides is 1. The van der Waals surface area contributed by atoms with E-state index in [2.05, 4.69) is 4.99 Å². The summed E-state index contributed by atoms with van der Waals surface area (Å²) in [6.07, 6.45) is -3.88. The van der Waals surface area contributed by atoms with Crippen LogP contribution in [0.2, 0.25) is 0 Å². The molecule has 1 fully saturated rings. The van der Waals surface area contributed by atoms with Gasteiger partial charge in [-0.05, 0) is 55.0 Å². The summed E-state index contributed by atoms with van der Waals surface area (Å²) in [6, 6.07) is 15.5. The van der Waals surface area contributed by atoms with Crippen molar-refractivity contribution in [2.45, 2.75) is 12.6 Å². The molecule has 0 atom stereocenters. The zero-order valence-corrected chi connectivity index (χ0v) is 20.9. The minimum Gasteiger partial charge on any atom is -0.497 e. The summed E-state index contributed by atoms with van der Waals surface area (Å²) in [5.41, 5.74) is 0.345. The molecule has 5 rings (SSSR count). The van der Waals surface area contributed by atoms with Crippen molar-refractivity contribution in [1.29, 1.82) is 0 Å². The van der Waals surface area contributed by atoms with E-state index < -0.39 is 11.7 Å². The largest absolute Gasteiger partial charge is 0.497 e. The molecule has 3 aromatic rings. The maximum absolute atomic E-state index is 13.5. The number of carbonyl (C=O) groups excluding carboxylic acids is 1. The van der Waals surface area contributed by atoms with Crippen LogP contribution in [0.1, 0.15) is 27.9 Å². The summed E-state index contributed by atoms with van der Waals surface area (Å²) in [7, 11) is 3.06. The third-order valence-electron chi connectivity index (χ3n) is 6.58. The molecule has 3 aromatic carbocycles. The number of benzene rings is 3. The minimum absolute atomic E-state index is 0.0798. The molecular weight excluding hydrogens is 499 g/mol. The molecule has 0 aromatic heterocycles. The van der Waals surface area contributed by atoms with Gasteiger partial charge in [-0.15, -0.1) is 0 Å². The highest BCUT2D eigenvalue weighted by molar-refractivity contribution is 6.04. The van der Waals surface area contributed by atoms with Gasteiger partial charge in [0.2, 0.25) is 0 Å². The van der Waals surface area contributed by atoms with Crippen LogP contribution in [-0.2, 0) is 6.18 Å². The number of fused-ring (bicyclic) bond motifs is 2. The molecule has 10 heteroatoms. The summed E-state index contributed by atoms with van der Waals surface area (Å²) in [5, 5.41) is 0. The predicted molar refractivity (Wildman–Crippen MR) is 136 cm³/mol. The zero-order chi connectivity index (χ0) is 26.9. The first kappa shape index (κ1) is 25.4. The van der Waals surface area contributed by atoms with Crippen LogP contribution in [0.3, 0.4) is 0 Å². The van der Waals surface area contributed by atoms with Crippen LogP contribution in [0.5, 0.6) is 23.0 Å². The van der Waals surface area contributed by atoms with E-state index in [9.17, 15) is 18.0 Å². The first-order chi connectivity index (χ1) is 18.3. The van der Waals surface area contributed by atoms with E-state index in [4.69, 9.17) is 14.2 Å². The van der Waals surface area contributed by atoms with Gasteiger partial charge in [0.15, 0.2) is 5.75 Å². The quantitative estimate of drug-likeness (QED) is 0.436. The van der Waals surface area contributed by atoms with Crippen LogP contribution in [0.25, 0.3) is 0 Å². The molecule has 1 saturated heterocycles. The fourth-order valence-corrected chi connectivity index (χ4v) is 4.63. The Morgan fingerprint density at radius 3 is 2.47 bits per heavy atom. The van der Waals surface area contributed by atoms with Crippen molar-refractivity contribution in [2.24, 2.45) is 4.99 Å². The Morgan fingerprint density at radius 2 is 1.71 bits per heavy atom. The van der Waals surface area contributed by atoms with Crippen LogP contribution >= 0.6 is 0 Å². The van der Waals surface area contributed by atoms with Crippen LogP contribution in [0.15, 0.2) is 65.7 Å². The van der Waals surface area contributed by atoms with Crippen molar-refractivity contribution in [1.82, 2.24) is 9.80 Å². The number of aliphatic imine (C=N–C) groups is 1. The van der Waals surface area contributed by atoms with E-state index in [1.807, 2.05) is 4.90 Å². The van der Waals surface area contributed by atoms with Gasteiger partial charge in [0.25, 0.3) is 5.91 Å². The Bertz CT molecular complexity index is 1390. The highest BCUT2D eigenvalue weighted by Crippen LogP contribution is 2.42. The number of ether oxygens (including phenoxy) is 3. The topological polar surface area (TPSA) is 63.6 Å². The number of hydrogen-bond donors (Lipinski definition) is 0. The van der Waals surface area contributed by atoms with Gasteiger partial charge in [-0.3, -0.25) is 4.79 Å². The third-order valence-corrected chi connectivity index (χ3v) is 6.58. The number of alkyl halides is 3. The lowest BCUT2D eigenvalue weighted by atomic mass is 10.1. The Kier molecular flexibility index (Phi) is 6.88. The number of amidine groups is 1. The number of nitrogens with zero attached hydrogens (tertiary/aromatic N) is 3. The van der Waals surface area contributed by atoms with Crippen LogP contribution < -0.4 is 14.2 Å². The van der Waals surface area contributed by atoms with Gasteiger partial charge in [0.1, 0.15) is 28.8 Å². The van der Waals surface area contributed by atoms with E-state index in [0.29, 0.717) is 66.8 Å². The lowest BCUT2D eigenvalue weighted by Crippen LogP contribution is -2.37. The molecule has 2 heterocycles. The number of hydrogen-bond acceptors (Lipinski definition) is 6. The molecule has 0 radical (unpaired) electrons. The normalized spacial score (nSPS) is 15.3. The van der Waals surface area contributed by atoms with Gasteiger partial charge in [0, 0.05) is 26.2 Å². The Labute approximate surface area is 218 Å². The smallest absolute Gasteiger partial charge is 0.416 e. The Morgan fingerprint density at radius 1 is 0.921 bits per heavy atom. The summed E-state index contributed by atoms with van der Waals surface area (Å²) >= 11 is 0. The fraction of sp³-hybridized carbons (Fsp3) is 0.286. The molecule has 2 aliphatic rings. The van der Waals surface area contributed by atoms with Gasteiger partial charge >= 0.3 is 6.18 Å². The zero-order valence-electron chi connectivity index (χ0n) is 20.9. The molecule has 0 saturated carbocycles. The average Bonchev–Trinajstić information content (AvgIpc) is 3.26. The second-order valence-corrected chi connectivity index (χ2v) is 8.91. The van der Waals surface area contributed by atoms with Crippen molar-refractivity contribution < 1.29 is 32.2 Å². The van der Waals surface area contributed by atoms with E-state index in [1.165, 1.54) is 20.3 Å². The van der Waals surface area contributed by atoms with E-state index >= 15 is 0 Å². The standard InChI is InChI=1S/C28H26F3N3O4/c1-36-19-9-11-24-21(17-19)26(32-22-16-18(28(29,30)31)8-10-25(22)38-24)33-12-5-13-34(15-14-33)27(35)20-6-3-4-7-23(20)37-2/h3-4,6-11,16-17H,5,12-15H2,1-2H3. The van der Waals surface area contributed by atoms with Crippen molar-refractivity contribution in [3.63, 3.8) is 0 Å². The van der Waals surface area contributed by atoms with Gasteiger partial charge in [-0.25, -0.2) is 4.99 Å². The van der Waals surface area contributed by atoms with Crippen molar-refractivity contribution in [2.75, 3.05) is 40.4 Å². The molecule has 38 heavy (non-hydrogen) atoms. The monoisotopic (exact) mass is 525 g/mol. The molecular formula is C28H26F3N3O4. The molecule has 0 aliphatic carbocycles. The van der Waals surface area contributed by atoms with Crippen LogP contribution in [0.4, 0.5) is 18.9 Å². The van der Waals surface area contributed by atoms with Gasteiger partial charge in [-0.1, -0.05) is 12.1 Å². The summed E-state index contributed by atoms with van der Waals surface area (Å²) in [5.74, 6) is 2.06. The van der Waals surface area contributed by atoms with Gasteiger partial charge in [0.05, 0.1) is 30.9 Å². The van der Waals surface area contributed by atoms with Crippen molar-refractivity contribution >= 4 is 17.4 Å². The lowest BCUT2D eigenvalue weighted by molar-refractivity contribution is -0.137. The highest BCUT2D eigenvalue weighted by Gasteiger charge is 2.33. The number of methoxy groups -OCH3 is 2. The molecule has 0 N–H and O–H groups in total. The SMILES string of the molecule is COc1ccc2c(c1)C(N1CCCN(C(=O)c3ccccc3OC)CC1)=Nc1cc(C(F)(F)F)ccc1O2. The van der Waals surface area contributed by atoms with Gasteiger partial charge < -0.3 is 24.0 Å². The molecule has 0 bridgehead atoms. The summed E-state index contributed by atoms with van der Waals surface area (Å²) in [4.78, 5) is 21.7. The molecule has 0 unspecified atom stereocenters. The van der Waals surface area contributed by atoms with Crippen molar-refractivity contribution in [3.05, 3.63) is 77.4 Å². The summed E-state index contributed by atoms with van der Waals surface area (Å²) < 4.78 is 57.2.